The number of nitrogens with one attached hydrogen (secondary N) is 1. The molecule has 0 aromatic carbocycles. The van der Waals surface area contributed by atoms with E-state index in [0.717, 1.165) is 10.5 Å². The van der Waals surface area contributed by atoms with Crippen LogP contribution in [-0.2, 0) is 4.79 Å². The normalized spacial score (nSPS) is 36.1. The molecule has 0 aliphatic carbocycles. The first kappa shape index (κ1) is 10.3. The first-order chi connectivity index (χ1) is 6.65. The van der Waals surface area contributed by atoms with Crippen LogP contribution in [0.4, 0.5) is 0 Å². The Kier molecular flexibility index (Phi) is 3.05. The van der Waals surface area contributed by atoms with Crippen LogP contribution in [0.5, 0.6) is 0 Å². The first-order valence-electron chi connectivity index (χ1n) is 5.61. The zero-order valence-corrected chi connectivity index (χ0v) is 9.77. The molecule has 2 atom stereocenters. The fourth-order valence-corrected chi connectivity index (χ4v) is 4.12. The van der Waals surface area contributed by atoms with Crippen LogP contribution in [0.15, 0.2) is 0 Å². The Morgan fingerprint density at radius 3 is 2.36 bits per heavy atom. The molecule has 2 aliphatic heterocycles. The molecule has 2 heterocycles. The second-order valence-corrected chi connectivity index (χ2v) is 6.39. The van der Waals surface area contributed by atoms with Crippen LogP contribution in [0.25, 0.3) is 0 Å². The second-order valence-electron chi connectivity index (χ2n) is 4.79. The molecule has 2 aliphatic rings. The summed E-state index contributed by atoms with van der Waals surface area (Å²) < 4.78 is 0. The number of rotatable bonds is 2. The van der Waals surface area contributed by atoms with Crippen LogP contribution in [0, 0.1) is 5.92 Å². The van der Waals surface area contributed by atoms with E-state index in [4.69, 9.17) is 0 Å². The van der Waals surface area contributed by atoms with Crippen molar-refractivity contribution in [2.24, 2.45) is 5.92 Å². The van der Waals surface area contributed by atoms with Crippen molar-refractivity contribution in [2.45, 2.75) is 56.1 Å². The van der Waals surface area contributed by atoms with E-state index < -0.39 is 0 Å². The third-order valence-electron chi connectivity index (χ3n) is 3.16. The Labute approximate surface area is 90.2 Å². The van der Waals surface area contributed by atoms with E-state index >= 15 is 0 Å². The molecule has 0 aromatic heterocycles. The molecule has 3 heteroatoms. The molecule has 0 saturated carbocycles. The minimum atomic E-state index is 0.127. The van der Waals surface area contributed by atoms with Gasteiger partial charge in [-0.3, -0.25) is 4.79 Å². The van der Waals surface area contributed by atoms with E-state index in [2.05, 4.69) is 17.1 Å². The van der Waals surface area contributed by atoms with Crippen molar-refractivity contribution >= 4 is 17.7 Å². The van der Waals surface area contributed by atoms with Gasteiger partial charge in [0.15, 0.2) is 0 Å². The molecule has 2 fully saturated rings. The molecule has 2 bridgehead atoms. The van der Waals surface area contributed by atoms with Crippen LogP contribution in [0.2, 0.25) is 0 Å². The van der Waals surface area contributed by atoms with E-state index in [0.29, 0.717) is 6.04 Å². The molecule has 1 amide bonds. The van der Waals surface area contributed by atoms with E-state index in [1.807, 2.05) is 13.8 Å². The molecule has 2 nitrogen and oxygen atoms in total. The van der Waals surface area contributed by atoms with E-state index in [1.54, 1.807) is 0 Å². The Hall–Kier alpha value is -0.180. The molecule has 2 unspecified atom stereocenters. The number of amides is 1. The molecule has 2 rings (SSSR count). The second kappa shape index (κ2) is 4.13. The summed E-state index contributed by atoms with van der Waals surface area (Å²) >= 11 is 2.14. The fourth-order valence-electron chi connectivity index (χ4n) is 2.34. The van der Waals surface area contributed by atoms with Gasteiger partial charge in [0.1, 0.15) is 0 Å². The van der Waals surface area contributed by atoms with Crippen molar-refractivity contribution in [1.29, 1.82) is 0 Å². The van der Waals surface area contributed by atoms with Crippen molar-refractivity contribution in [1.82, 2.24) is 5.32 Å². The number of hydrogen-bond donors (Lipinski definition) is 1. The smallest absolute Gasteiger partial charge is 0.222 e. The van der Waals surface area contributed by atoms with Crippen molar-refractivity contribution in [3.05, 3.63) is 0 Å². The number of thioether (sulfide) groups is 1. The third kappa shape index (κ3) is 2.25. The summed E-state index contributed by atoms with van der Waals surface area (Å²) in [6.07, 6.45) is 5.12. The van der Waals surface area contributed by atoms with Gasteiger partial charge in [-0.1, -0.05) is 13.8 Å². The summed E-state index contributed by atoms with van der Waals surface area (Å²) in [6.45, 7) is 3.92. The summed E-state index contributed by atoms with van der Waals surface area (Å²) in [5, 5.41) is 4.82. The van der Waals surface area contributed by atoms with Gasteiger partial charge >= 0.3 is 0 Å². The number of carbonyl (C=O) groups is 1. The van der Waals surface area contributed by atoms with Crippen LogP contribution in [0.3, 0.4) is 0 Å². The van der Waals surface area contributed by atoms with Gasteiger partial charge in [0, 0.05) is 22.5 Å². The number of hydrogen-bond acceptors (Lipinski definition) is 2. The molecule has 0 aromatic rings. The van der Waals surface area contributed by atoms with E-state index in [9.17, 15) is 4.79 Å². The summed E-state index contributed by atoms with van der Waals surface area (Å²) in [6, 6.07) is 0.462. The molecular formula is C11H19NOS. The average molecular weight is 213 g/mol. The Bertz CT molecular complexity index is 217. The number of carbonyl (C=O) groups excluding carboxylic acids is 1. The molecule has 14 heavy (non-hydrogen) atoms. The Morgan fingerprint density at radius 1 is 1.29 bits per heavy atom. The van der Waals surface area contributed by atoms with Gasteiger partial charge in [0.2, 0.25) is 5.91 Å². The van der Waals surface area contributed by atoms with Crippen LogP contribution in [0.1, 0.15) is 39.5 Å². The quantitative estimate of drug-likeness (QED) is 0.762. The van der Waals surface area contributed by atoms with Crippen LogP contribution < -0.4 is 5.32 Å². The van der Waals surface area contributed by atoms with Crippen LogP contribution in [-0.4, -0.2) is 22.4 Å². The zero-order valence-electron chi connectivity index (χ0n) is 8.95. The summed E-state index contributed by atoms with van der Waals surface area (Å²) in [5.74, 6) is 0.350. The monoisotopic (exact) mass is 213 g/mol. The SMILES string of the molecule is CC(C)C(=O)NC1CC2CCC(C1)S2. The Balaban J connectivity index is 1.85. The van der Waals surface area contributed by atoms with Crippen molar-refractivity contribution in [3.8, 4) is 0 Å². The van der Waals surface area contributed by atoms with Crippen molar-refractivity contribution in [2.75, 3.05) is 0 Å². The van der Waals surface area contributed by atoms with Crippen LogP contribution >= 0.6 is 11.8 Å². The number of fused-ring (bicyclic) bond motifs is 2. The highest BCUT2D eigenvalue weighted by atomic mass is 32.2. The highest BCUT2D eigenvalue weighted by Crippen LogP contribution is 2.43. The van der Waals surface area contributed by atoms with Crippen molar-refractivity contribution in [3.63, 3.8) is 0 Å². The van der Waals surface area contributed by atoms with Gasteiger partial charge in [-0.2, -0.15) is 11.8 Å². The maximum atomic E-state index is 11.5. The third-order valence-corrected chi connectivity index (χ3v) is 4.79. The summed E-state index contributed by atoms with van der Waals surface area (Å²) in [4.78, 5) is 11.5. The molecule has 80 valence electrons. The lowest BCUT2D eigenvalue weighted by Gasteiger charge is -2.28. The highest BCUT2D eigenvalue weighted by Gasteiger charge is 2.35. The Morgan fingerprint density at radius 2 is 1.86 bits per heavy atom. The standard InChI is InChI=1S/C11H19NOS/c1-7(2)11(13)12-8-5-9-3-4-10(6-8)14-9/h7-10H,3-6H2,1-2H3,(H,12,13). The van der Waals surface area contributed by atoms with Gasteiger partial charge in [-0.25, -0.2) is 0 Å². The van der Waals surface area contributed by atoms with Crippen molar-refractivity contribution < 1.29 is 4.79 Å². The maximum absolute atomic E-state index is 11.5. The average Bonchev–Trinajstić information content (AvgIpc) is 2.45. The maximum Gasteiger partial charge on any atom is 0.222 e. The molecule has 0 radical (unpaired) electrons. The summed E-state index contributed by atoms with van der Waals surface area (Å²) in [7, 11) is 0. The minimum absolute atomic E-state index is 0.127. The fraction of sp³-hybridized carbons (Fsp3) is 0.909. The molecule has 2 saturated heterocycles. The van der Waals surface area contributed by atoms with Gasteiger partial charge in [0.25, 0.3) is 0 Å². The predicted molar refractivity (Wildman–Crippen MR) is 60.4 cm³/mol. The lowest BCUT2D eigenvalue weighted by atomic mass is 10.1. The zero-order chi connectivity index (χ0) is 10.1. The molecule has 0 spiro atoms. The largest absolute Gasteiger partial charge is 0.353 e. The predicted octanol–water partition coefficient (Wildman–Crippen LogP) is 2.19. The topological polar surface area (TPSA) is 29.1 Å². The van der Waals surface area contributed by atoms with E-state index in [-0.39, 0.29) is 11.8 Å². The first-order valence-corrected chi connectivity index (χ1v) is 6.55. The minimum Gasteiger partial charge on any atom is -0.353 e. The van der Waals surface area contributed by atoms with Gasteiger partial charge in [-0.15, -0.1) is 0 Å². The van der Waals surface area contributed by atoms with E-state index in [1.165, 1.54) is 25.7 Å². The highest BCUT2D eigenvalue weighted by molar-refractivity contribution is 8.00. The lowest BCUT2D eigenvalue weighted by molar-refractivity contribution is -0.124. The molecular weight excluding hydrogens is 194 g/mol. The lowest BCUT2D eigenvalue weighted by Crippen LogP contribution is -2.41. The van der Waals surface area contributed by atoms with Gasteiger partial charge in [0.05, 0.1) is 0 Å². The molecule has 1 N–H and O–H groups in total. The van der Waals surface area contributed by atoms with Gasteiger partial charge < -0.3 is 5.32 Å². The van der Waals surface area contributed by atoms with Gasteiger partial charge in [-0.05, 0) is 25.7 Å². The summed E-state index contributed by atoms with van der Waals surface area (Å²) in [5.41, 5.74) is 0.